The number of tetrazole rings is 1. The molecule has 5 heterocycles. The van der Waals surface area contributed by atoms with Gasteiger partial charge in [0.25, 0.3) is 0 Å². The van der Waals surface area contributed by atoms with Gasteiger partial charge in [0.15, 0.2) is 5.82 Å². The Bertz CT molecular complexity index is 5440. The molecule has 3 saturated carbocycles. The fourth-order valence-corrected chi connectivity index (χ4v) is 22.0. The number of piperazine rings is 3. The maximum atomic E-state index is 13.3. The van der Waals surface area contributed by atoms with Crippen LogP contribution in [-0.4, -0.2) is 232 Å². The molecule has 0 radical (unpaired) electrons. The molecule has 4 amide bonds. The predicted molar refractivity (Wildman–Crippen MR) is 570 cm³/mol. The fraction of sp³-hybridized carbons (Fsp3) is 0.500. The van der Waals surface area contributed by atoms with E-state index in [-0.39, 0.29) is 44.3 Å². The first-order valence-corrected chi connectivity index (χ1v) is 52.3. The third kappa shape index (κ3) is 31.9. The summed E-state index contributed by atoms with van der Waals surface area (Å²) in [4.78, 5) is 58.6. The molecule has 4 saturated heterocycles. The Kier molecular flexibility index (Phi) is 40.2. The van der Waals surface area contributed by atoms with Crippen LogP contribution in [0.15, 0.2) is 224 Å². The minimum absolute atomic E-state index is 0. The molecule has 766 valence electrons. The van der Waals surface area contributed by atoms with E-state index in [4.69, 9.17) is 9.47 Å². The zero-order valence-corrected chi connectivity index (χ0v) is 85.5. The lowest BCUT2D eigenvalue weighted by atomic mass is 9.75. The van der Waals surface area contributed by atoms with E-state index in [9.17, 15) is 31.9 Å². The third-order valence-corrected chi connectivity index (χ3v) is 30.2. The van der Waals surface area contributed by atoms with Crippen molar-refractivity contribution in [3.8, 4) is 22.9 Å². The average Bonchev–Trinajstić information content (AvgIpc) is 1.03. The standard InChI is InChI=1S/C30H38FN5O.C30H44N4O2.C29H41F3N4.C27H32N4O2.2H2/c1-35-30(32-33-34-35)29-11-5-4-9-25(29)19-28(37)18-24-8-2-3-10-26(24)21-36-16-6-7-23(20-36)17-22-12-14-27(31)15-13-22;1-30(2,3)24-12-10-23(11-13-24)28(22-31-29(35)32-25-14-16-27(36-4)17-15-25)34-20-18-33(19-21-34)26-8-6-5-7-9-26;1-34(2)26-14-8-23(9-15-26)16-17-33-22-28(24-10-12-25(13-11-24)29(30,31)32)36-20-18-35(19-21-36)27-6-4-3-5-7-27;1-21-12-14-22(15-13-21)29-27(32)28-20-25(24-10-6-7-11-26(24)33-2)31-18-16-30(17-19-31)23-8-4-3-5-9-23;;/h4-5,9,11-15,23-24,26H,2-3,6-8,10,16-21H2,1H3;10-17,26,28H,5-9,18-22H2,1-4H3,(H2,31,32,35);8-15,27-28,33H,3-7,16-22H2,1-2H3;3-15,25H,16-20H2,1-2H3,(H2,28,29,32);2*1H/t23-,24-,26-;;;;;/m0...../s1. The van der Waals surface area contributed by atoms with E-state index >= 15 is 0 Å². The number of methoxy groups -OCH3 is 2. The van der Waals surface area contributed by atoms with Gasteiger partial charge < -0.3 is 50.8 Å². The quantitative estimate of drug-likeness (QED) is 0.0197. The number of para-hydroxylation sites is 2. The molecular weight excluding hydrogens is 1790 g/mol. The summed E-state index contributed by atoms with van der Waals surface area (Å²) in [5, 5.41) is 27.6. The van der Waals surface area contributed by atoms with Gasteiger partial charge in [0.2, 0.25) is 0 Å². The van der Waals surface area contributed by atoms with Gasteiger partial charge in [-0.3, -0.25) is 29.3 Å². The zero-order chi connectivity index (χ0) is 99.8. The van der Waals surface area contributed by atoms with Crippen LogP contribution >= 0.6 is 0 Å². The van der Waals surface area contributed by atoms with E-state index < -0.39 is 11.7 Å². The summed E-state index contributed by atoms with van der Waals surface area (Å²) in [5.74, 6) is 4.12. The molecule has 6 atom stereocenters. The Hall–Kier alpha value is -11.1. The lowest BCUT2D eigenvalue weighted by Gasteiger charge is -2.43. The van der Waals surface area contributed by atoms with Crippen LogP contribution < -0.4 is 45.9 Å². The molecule has 7 aliphatic rings. The molecular formula is C116H159F4N17O5. The van der Waals surface area contributed by atoms with Crippen LogP contribution in [0.25, 0.3) is 11.4 Å². The largest absolute Gasteiger partial charge is 0.497 e. The minimum atomic E-state index is -4.31. The number of ether oxygens (including phenoxy) is 2. The van der Waals surface area contributed by atoms with E-state index in [1.807, 2.05) is 137 Å². The number of carbonyl (C=O) groups is 3. The molecule has 142 heavy (non-hydrogen) atoms. The van der Waals surface area contributed by atoms with Gasteiger partial charge in [-0.15, -0.1) is 5.10 Å². The molecule has 22 nitrogen and oxygen atoms in total. The van der Waals surface area contributed by atoms with Crippen LogP contribution in [0.5, 0.6) is 11.5 Å². The summed E-state index contributed by atoms with van der Waals surface area (Å²) in [6.45, 7) is 26.7. The van der Waals surface area contributed by atoms with Crippen LogP contribution in [0.3, 0.4) is 0 Å². The van der Waals surface area contributed by atoms with E-state index in [0.717, 1.165) is 187 Å². The number of Topliss-reactive ketones (excluding diaryl/α,β-unsaturated/α-hetero) is 1. The zero-order valence-electron chi connectivity index (χ0n) is 85.5. The van der Waals surface area contributed by atoms with E-state index in [1.165, 1.54) is 142 Å². The molecule has 0 spiro atoms. The molecule has 5 N–H and O–H groups in total. The van der Waals surface area contributed by atoms with Crippen molar-refractivity contribution in [2.45, 2.75) is 198 Å². The highest BCUT2D eigenvalue weighted by atomic mass is 19.4. The van der Waals surface area contributed by atoms with Gasteiger partial charge in [0.1, 0.15) is 23.1 Å². The number of hydrogen-bond donors (Lipinski definition) is 5. The van der Waals surface area contributed by atoms with Crippen molar-refractivity contribution in [2.24, 2.45) is 24.8 Å². The lowest BCUT2D eigenvalue weighted by molar-refractivity contribution is -0.137. The molecule has 0 bridgehead atoms. The van der Waals surface area contributed by atoms with Crippen LogP contribution in [0.2, 0.25) is 0 Å². The van der Waals surface area contributed by atoms with Crippen molar-refractivity contribution in [3.63, 3.8) is 0 Å². The van der Waals surface area contributed by atoms with Gasteiger partial charge in [-0.25, -0.2) is 18.7 Å². The number of likely N-dealkylation sites (tertiary alicyclic amines) is 1. The van der Waals surface area contributed by atoms with E-state index in [0.29, 0.717) is 61.3 Å². The molecule has 3 aliphatic carbocycles. The first-order valence-electron chi connectivity index (χ1n) is 52.3. The van der Waals surface area contributed by atoms with Gasteiger partial charge in [-0.2, -0.15) is 13.2 Å². The van der Waals surface area contributed by atoms with Crippen LogP contribution in [0.1, 0.15) is 201 Å². The molecule has 9 aromatic carbocycles. The summed E-state index contributed by atoms with van der Waals surface area (Å²) in [6, 6.07) is 73.5. The number of aromatic nitrogens is 4. The van der Waals surface area contributed by atoms with Gasteiger partial charge in [0.05, 0.1) is 31.9 Å². The number of urea groups is 2. The monoisotopic (exact) mass is 1950 g/mol. The second kappa shape index (κ2) is 53.5. The normalized spacial score (nSPS) is 19.1. The Morgan fingerprint density at radius 3 is 1.60 bits per heavy atom. The van der Waals surface area contributed by atoms with Crippen LogP contribution in [0, 0.1) is 30.5 Å². The van der Waals surface area contributed by atoms with Crippen molar-refractivity contribution in [1.29, 1.82) is 0 Å². The number of nitrogens with zero attached hydrogens (tertiary/aromatic N) is 12. The van der Waals surface area contributed by atoms with Crippen LogP contribution in [0.4, 0.5) is 49.9 Å². The van der Waals surface area contributed by atoms with Crippen molar-refractivity contribution in [2.75, 3.05) is 173 Å². The maximum Gasteiger partial charge on any atom is 0.416 e. The number of hydrogen-bond acceptors (Lipinski definition) is 17. The number of nitrogens with one attached hydrogen (secondary N) is 5. The number of carbonyl (C=O) groups excluding carboxylic acids is 3. The number of piperidine rings is 1. The topological polar surface area (TPSA) is 199 Å². The predicted octanol–water partition coefficient (Wildman–Crippen LogP) is 21.9. The number of alkyl halides is 3. The first-order chi connectivity index (χ1) is 68.8. The minimum Gasteiger partial charge on any atom is -0.497 e. The molecule has 17 rings (SSSR count). The van der Waals surface area contributed by atoms with Crippen molar-refractivity contribution in [3.05, 3.63) is 280 Å². The second-order valence-corrected chi connectivity index (χ2v) is 41.3. The summed E-state index contributed by atoms with van der Waals surface area (Å²) >= 11 is 0. The SMILES string of the molecule is CN(C)c1ccc(CCNCC(c2ccc(C(F)(F)F)cc2)N2CCN(C3CCCCC3)CC2)cc1.COc1ccc(NC(=O)NCC(c2ccc(C(C)(C)C)cc2)N2CCN(C3CCCCC3)CC2)cc1.COc1ccccc1C(CNC(=O)Nc1ccc(C)cc1)N1CCN(c2ccccc2)CC1.Cn1nnnc1-c1ccccc1CC(=O)C[C@@H]1CCCC[C@H]1CN1CCC[C@@H](Cc2ccc(F)cc2)C1.[HH].[HH]. The molecule has 1 aromatic heterocycles. The average molecular weight is 1950 g/mol. The summed E-state index contributed by atoms with van der Waals surface area (Å²) in [5.41, 5.74) is 13.7. The number of rotatable bonds is 32. The van der Waals surface area contributed by atoms with Crippen LogP contribution in [-0.2, 0) is 42.7 Å². The van der Waals surface area contributed by atoms with Crippen molar-refractivity contribution >= 4 is 40.6 Å². The number of anilines is 4. The fourth-order valence-electron chi connectivity index (χ4n) is 22.0. The first kappa shape index (κ1) is 107. The van der Waals surface area contributed by atoms with Gasteiger partial charge in [-0.1, -0.05) is 211 Å². The van der Waals surface area contributed by atoms with Gasteiger partial charge in [-0.05, 0) is 242 Å². The molecule has 3 unspecified atom stereocenters. The van der Waals surface area contributed by atoms with Gasteiger partial charge in [0, 0.05) is 200 Å². The van der Waals surface area contributed by atoms with Crippen molar-refractivity contribution < 1.29 is 44.3 Å². The molecule has 4 aliphatic heterocycles. The van der Waals surface area contributed by atoms with Gasteiger partial charge >= 0.3 is 18.2 Å². The van der Waals surface area contributed by atoms with E-state index in [2.05, 4.69) is 181 Å². The number of aryl methyl sites for hydroxylation is 2. The van der Waals surface area contributed by atoms with E-state index in [1.54, 1.807) is 43.2 Å². The number of amides is 4. The second-order valence-electron chi connectivity index (χ2n) is 41.3. The Morgan fingerprint density at radius 1 is 0.514 bits per heavy atom. The number of ketones is 1. The maximum absolute atomic E-state index is 13.3. The Balaban J connectivity index is 0.000000170. The molecule has 26 heteroatoms. The smallest absolute Gasteiger partial charge is 0.416 e. The summed E-state index contributed by atoms with van der Waals surface area (Å²) in [6.07, 6.45) is 19.5. The Morgan fingerprint density at radius 2 is 1.04 bits per heavy atom. The molecule has 7 fully saturated rings. The Labute approximate surface area is 844 Å². The number of benzene rings is 9. The highest BCUT2D eigenvalue weighted by Gasteiger charge is 2.37. The summed E-state index contributed by atoms with van der Waals surface area (Å²) in [7, 11) is 9.23. The highest BCUT2D eigenvalue weighted by molar-refractivity contribution is 5.90. The number of halogens is 4. The highest BCUT2D eigenvalue weighted by Crippen LogP contribution is 2.39. The summed E-state index contributed by atoms with van der Waals surface area (Å²) < 4.78 is 65.2. The van der Waals surface area contributed by atoms with Crippen molar-refractivity contribution in [1.82, 2.24) is 65.6 Å². The third-order valence-electron chi connectivity index (χ3n) is 30.2. The molecule has 10 aromatic rings. The lowest BCUT2D eigenvalue weighted by Crippen LogP contribution is -2.53.